The molecule has 162 valence electrons. The summed E-state index contributed by atoms with van der Waals surface area (Å²) in [6.07, 6.45) is 4.25. The summed E-state index contributed by atoms with van der Waals surface area (Å²) >= 11 is 0. The Labute approximate surface area is 177 Å². The molecule has 0 heterocycles. The monoisotopic (exact) mass is 414 g/mol. The molecule has 1 aromatic rings. The minimum absolute atomic E-state index is 0.0389. The average molecular weight is 414 g/mol. The van der Waals surface area contributed by atoms with Gasteiger partial charge in [0, 0.05) is 26.2 Å². The van der Waals surface area contributed by atoms with Crippen molar-refractivity contribution in [2.24, 2.45) is 17.3 Å². The third kappa shape index (κ3) is 3.61. The van der Waals surface area contributed by atoms with Crippen LogP contribution in [-0.4, -0.2) is 24.0 Å². The lowest BCUT2D eigenvalue weighted by atomic mass is 9.55. The molecule has 2 saturated carbocycles. The highest BCUT2D eigenvalue weighted by molar-refractivity contribution is 5.70. The maximum absolute atomic E-state index is 11.8. The zero-order chi connectivity index (χ0) is 21.6. The van der Waals surface area contributed by atoms with E-state index in [1.807, 2.05) is 18.2 Å². The van der Waals surface area contributed by atoms with Crippen molar-refractivity contribution in [3.8, 4) is 5.75 Å². The van der Waals surface area contributed by atoms with Crippen molar-refractivity contribution in [2.45, 2.75) is 77.9 Å². The normalized spacial score (nSPS) is 34.2. The van der Waals surface area contributed by atoms with E-state index >= 15 is 0 Å². The zero-order valence-corrected chi connectivity index (χ0v) is 18.1. The number of benzene rings is 1. The Hall–Kier alpha value is -2.37. The Balaban J connectivity index is 1.69. The summed E-state index contributed by atoms with van der Waals surface area (Å²) < 4.78 is 16.7. The molecule has 0 unspecified atom stereocenters. The predicted molar refractivity (Wildman–Crippen MR) is 109 cm³/mol. The number of esters is 3. The molecule has 6 nitrogen and oxygen atoms in total. The first-order valence-corrected chi connectivity index (χ1v) is 10.9. The molecule has 30 heavy (non-hydrogen) atoms. The minimum Gasteiger partial charge on any atom is -0.462 e. The van der Waals surface area contributed by atoms with Gasteiger partial charge >= 0.3 is 17.9 Å². The van der Waals surface area contributed by atoms with Crippen molar-refractivity contribution >= 4 is 17.9 Å². The lowest BCUT2D eigenvalue weighted by Gasteiger charge is -2.51. The molecule has 0 aliphatic heterocycles. The molecule has 6 atom stereocenters. The van der Waals surface area contributed by atoms with E-state index in [9.17, 15) is 14.4 Å². The molecule has 0 amide bonds. The highest BCUT2D eigenvalue weighted by atomic mass is 16.5. The number of carbonyl (C=O) groups is 3. The summed E-state index contributed by atoms with van der Waals surface area (Å²) in [7, 11) is 0. The number of rotatable bonds is 3. The summed E-state index contributed by atoms with van der Waals surface area (Å²) in [5, 5.41) is 0. The Bertz CT molecular complexity index is 876. The Morgan fingerprint density at radius 1 is 0.933 bits per heavy atom. The van der Waals surface area contributed by atoms with Crippen LogP contribution in [0.5, 0.6) is 5.75 Å². The molecule has 0 N–H and O–H groups in total. The van der Waals surface area contributed by atoms with Crippen LogP contribution in [-0.2, 0) is 23.9 Å². The van der Waals surface area contributed by atoms with Crippen molar-refractivity contribution in [2.75, 3.05) is 0 Å². The molecule has 0 saturated heterocycles. The van der Waals surface area contributed by atoms with Crippen molar-refractivity contribution in [3.63, 3.8) is 0 Å². The maximum Gasteiger partial charge on any atom is 0.308 e. The average Bonchev–Trinajstić information content (AvgIpc) is 2.97. The van der Waals surface area contributed by atoms with Gasteiger partial charge in [0.2, 0.25) is 0 Å². The van der Waals surface area contributed by atoms with Crippen LogP contribution >= 0.6 is 0 Å². The third-order valence-corrected chi connectivity index (χ3v) is 7.52. The first kappa shape index (κ1) is 20.9. The van der Waals surface area contributed by atoms with Gasteiger partial charge in [0.25, 0.3) is 0 Å². The third-order valence-electron chi connectivity index (χ3n) is 7.52. The SMILES string of the molecule is CC(=O)Oc1ccc2c(c1)[C@@H](OC(C)=O)C[C@@H]1[C@@H]2CC[C@]2(C)[C@H](OC(C)=O)CC[C@@H]12. The van der Waals surface area contributed by atoms with Gasteiger partial charge in [0.1, 0.15) is 18.0 Å². The smallest absolute Gasteiger partial charge is 0.308 e. The molecule has 1 aromatic carbocycles. The van der Waals surface area contributed by atoms with Crippen molar-refractivity contribution in [1.29, 1.82) is 0 Å². The quantitative estimate of drug-likeness (QED) is 0.537. The molecule has 0 bridgehead atoms. The van der Waals surface area contributed by atoms with Crippen LogP contribution in [0.25, 0.3) is 0 Å². The fraction of sp³-hybridized carbons (Fsp3) is 0.625. The van der Waals surface area contributed by atoms with E-state index in [2.05, 4.69) is 6.92 Å². The molecule has 0 radical (unpaired) electrons. The van der Waals surface area contributed by atoms with E-state index in [1.165, 1.54) is 26.3 Å². The highest BCUT2D eigenvalue weighted by Crippen LogP contribution is 2.63. The second-order valence-corrected chi connectivity index (χ2v) is 9.31. The minimum atomic E-state index is -0.372. The molecule has 3 aliphatic rings. The number of hydrogen-bond donors (Lipinski definition) is 0. The molecule has 2 fully saturated rings. The molecule has 0 aromatic heterocycles. The summed E-state index contributed by atoms with van der Waals surface area (Å²) in [4.78, 5) is 34.9. The first-order chi connectivity index (χ1) is 14.2. The van der Waals surface area contributed by atoms with E-state index < -0.39 is 0 Å². The maximum atomic E-state index is 11.8. The van der Waals surface area contributed by atoms with Crippen LogP contribution in [0.2, 0.25) is 0 Å². The molecular formula is C24H30O6. The predicted octanol–water partition coefficient (Wildman–Crippen LogP) is 4.46. The molecule has 0 spiro atoms. The largest absolute Gasteiger partial charge is 0.462 e. The topological polar surface area (TPSA) is 78.9 Å². The molecule has 6 heteroatoms. The molecular weight excluding hydrogens is 384 g/mol. The Morgan fingerprint density at radius 3 is 2.33 bits per heavy atom. The van der Waals surface area contributed by atoms with Gasteiger partial charge < -0.3 is 14.2 Å². The van der Waals surface area contributed by atoms with Gasteiger partial charge in [-0.2, -0.15) is 0 Å². The summed E-state index contributed by atoms with van der Waals surface area (Å²) in [5.41, 5.74) is 2.10. The van der Waals surface area contributed by atoms with Crippen molar-refractivity contribution in [1.82, 2.24) is 0 Å². The van der Waals surface area contributed by atoms with E-state index in [4.69, 9.17) is 14.2 Å². The van der Waals surface area contributed by atoms with E-state index in [0.717, 1.165) is 37.7 Å². The highest BCUT2D eigenvalue weighted by Gasteiger charge is 2.57. The number of hydrogen-bond acceptors (Lipinski definition) is 6. The van der Waals surface area contributed by atoms with Crippen molar-refractivity contribution < 1.29 is 28.6 Å². The Kier molecular flexibility index (Phi) is 5.37. The van der Waals surface area contributed by atoms with Crippen LogP contribution in [0.4, 0.5) is 0 Å². The molecule has 4 rings (SSSR count). The first-order valence-electron chi connectivity index (χ1n) is 10.9. The number of ether oxygens (including phenoxy) is 3. The zero-order valence-electron chi connectivity index (χ0n) is 18.1. The van der Waals surface area contributed by atoms with Crippen molar-refractivity contribution in [3.05, 3.63) is 29.3 Å². The number of fused-ring (bicyclic) bond motifs is 5. The second kappa shape index (κ2) is 7.71. The molecule has 3 aliphatic carbocycles. The second-order valence-electron chi connectivity index (χ2n) is 9.31. The van der Waals surface area contributed by atoms with Gasteiger partial charge in [-0.15, -0.1) is 0 Å². The fourth-order valence-corrected chi connectivity index (χ4v) is 6.43. The van der Waals surface area contributed by atoms with Gasteiger partial charge in [0.15, 0.2) is 0 Å². The van der Waals surface area contributed by atoms with Crippen LogP contribution in [0, 0.1) is 17.3 Å². The van der Waals surface area contributed by atoms with Gasteiger partial charge in [0.05, 0.1) is 0 Å². The van der Waals surface area contributed by atoms with Crippen LogP contribution in [0.1, 0.15) is 82.9 Å². The van der Waals surface area contributed by atoms with E-state index in [0.29, 0.717) is 23.5 Å². The van der Waals surface area contributed by atoms with Crippen LogP contribution < -0.4 is 4.74 Å². The van der Waals surface area contributed by atoms with Gasteiger partial charge in [-0.1, -0.05) is 13.0 Å². The summed E-state index contributed by atoms with van der Waals surface area (Å²) in [5.74, 6) is 0.726. The van der Waals surface area contributed by atoms with Gasteiger partial charge in [-0.3, -0.25) is 14.4 Å². The van der Waals surface area contributed by atoms with Gasteiger partial charge in [-0.05, 0) is 73.1 Å². The van der Waals surface area contributed by atoms with Crippen LogP contribution in [0.15, 0.2) is 18.2 Å². The Morgan fingerprint density at radius 2 is 1.67 bits per heavy atom. The van der Waals surface area contributed by atoms with E-state index in [-0.39, 0.29) is 35.5 Å². The van der Waals surface area contributed by atoms with Crippen LogP contribution in [0.3, 0.4) is 0 Å². The van der Waals surface area contributed by atoms with E-state index in [1.54, 1.807) is 0 Å². The number of carbonyl (C=O) groups excluding carboxylic acids is 3. The summed E-state index contributed by atoms with van der Waals surface area (Å²) in [6.45, 7) is 6.55. The standard InChI is InChI=1S/C24H30O6/c1-13(25)28-16-5-6-17-18-9-10-24(4)21(7-8-23(24)30-15(3)27)19(18)12-22(20(17)11-16)29-14(2)26/h5-6,11,18-19,21-23H,7-10,12H2,1-4H3/t18-,19-,21+,22+,23-,24+/m1/s1. The summed E-state index contributed by atoms with van der Waals surface area (Å²) in [6, 6.07) is 5.71. The lowest BCUT2D eigenvalue weighted by molar-refractivity contribution is -0.157. The van der Waals surface area contributed by atoms with Gasteiger partial charge in [-0.25, -0.2) is 0 Å². The lowest BCUT2D eigenvalue weighted by Crippen LogP contribution is -2.45. The fourth-order valence-electron chi connectivity index (χ4n) is 6.43.